The van der Waals surface area contributed by atoms with Crippen LogP contribution in [0.15, 0.2) is 143 Å². The number of allylic oxidation sites excluding steroid dienone is 2. The summed E-state index contributed by atoms with van der Waals surface area (Å²) < 4.78 is 5.57. The van der Waals surface area contributed by atoms with Gasteiger partial charge in [0.25, 0.3) is 0 Å². The molecule has 2 aliphatic carbocycles. The van der Waals surface area contributed by atoms with Gasteiger partial charge in [-0.1, -0.05) is 71.8 Å². The first-order valence-electron chi connectivity index (χ1n) is 19.5. The third-order valence-electron chi connectivity index (χ3n) is 12.5. The maximum Gasteiger partial charge on any atom is 0.246 e. The average molecular weight is 806 g/mol. The first-order chi connectivity index (χ1) is 28.5. The number of halogens is 1. The number of rotatable bonds is 8. The molecule has 0 bridgehead atoms. The molecule has 6 atom stereocenters. The lowest BCUT2D eigenvalue weighted by atomic mass is 9.49. The largest absolute Gasteiger partial charge is 0.504 e. The van der Waals surface area contributed by atoms with Crippen molar-refractivity contribution in [3.05, 3.63) is 149 Å². The van der Waals surface area contributed by atoms with E-state index in [-0.39, 0.29) is 36.2 Å². The predicted octanol–water partition coefficient (Wildman–Crippen LogP) is 8.90. The molecule has 1 N–H and O–H groups in total. The zero-order chi connectivity index (χ0) is 41.2. The molecule has 296 valence electrons. The molecule has 12 heteroatoms. The Morgan fingerprint density at radius 2 is 1.42 bits per heavy atom. The van der Waals surface area contributed by atoms with Crippen LogP contribution in [0.2, 0.25) is 5.02 Å². The summed E-state index contributed by atoms with van der Waals surface area (Å²) in [6, 6.07) is 35.3. The van der Waals surface area contributed by atoms with Gasteiger partial charge in [0.2, 0.25) is 23.6 Å². The number of para-hydroxylation sites is 1. The van der Waals surface area contributed by atoms with Crippen LogP contribution in [0, 0.1) is 23.7 Å². The van der Waals surface area contributed by atoms with E-state index in [1.54, 1.807) is 66.7 Å². The monoisotopic (exact) mass is 805 g/mol. The molecular weight excluding hydrogens is 766 g/mol. The fraction of sp³-hybridized carbons (Fsp3) is 0.234. The van der Waals surface area contributed by atoms with Crippen molar-refractivity contribution in [2.75, 3.05) is 35.9 Å². The molecule has 6 unspecified atom stereocenters. The van der Waals surface area contributed by atoms with E-state index in [4.69, 9.17) is 16.3 Å². The van der Waals surface area contributed by atoms with Gasteiger partial charge >= 0.3 is 0 Å². The van der Waals surface area contributed by atoms with Gasteiger partial charge < -0.3 is 14.7 Å². The van der Waals surface area contributed by atoms with E-state index < -0.39 is 46.8 Å². The summed E-state index contributed by atoms with van der Waals surface area (Å²) in [4.78, 5) is 64.0. The minimum absolute atomic E-state index is 0.118. The molecular formula is C47H40ClN5O6. The van der Waals surface area contributed by atoms with Crippen molar-refractivity contribution in [2.24, 2.45) is 33.9 Å². The summed E-state index contributed by atoms with van der Waals surface area (Å²) in [5.74, 6) is -5.61. The maximum atomic E-state index is 15.5. The van der Waals surface area contributed by atoms with Gasteiger partial charge in [0.1, 0.15) is 0 Å². The molecule has 5 aromatic carbocycles. The predicted molar refractivity (Wildman–Crippen MR) is 225 cm³/mol. The van der Waals surface area contributed by atoms with Crippen LogP contribution in [0.4, 0.5) is 28.4 Å². The van der Waals surface area contributed by atoms with Crippen molar-refractivity contribution in [3.63, 3.8) is 0 Å². The summed E-state index contributed by atoms with van der Waals surface area (Å²) in [5, 5.41) is 21.0. The number of imide groups is 2. The van der Waals surface area contributed by atoms with E-state index in [2.05, 4.69) is 10.2 Å². The molecule has 0 radical (unpaired) electrons. The van der Waals surface area contributed by atoms with Crippen LogP contribution >= 0.6 is 11.6 Å². The lowest BCUT2D eigenvalue weighted by Crippen LogP contribution is -2.53. The SMILES string of the molecule is COc1cccc(C2C3=CCC4C(=O)N(c5ccc(N=Nc6ccc(N(C)C)cc6)cc5)C(=O)C4C3CC3C(=O)N(c4cccc(Cl)c4)C(=O)C32c2ccccc2)c1O. The van der Waals surface area contributed by atoms with Crippen LogP contribution in [-0.4, -0.2) is 49.9 Å². The number of phenolic OH excluding ortho intramolecular Hbond substituents is 1. The number of azo groups is 1. The summed E-state index contributed by atoms with van der Waals surface area (Å²) >= 11 is 6.43. The zero-order valence-electron chi connectivity index (χ0n) is 32.5. The Labute approximate surface area is 346 Å². The molecule has 11 nitrogen and oxygen atoms in total. The van der Waals surface area contributed by atoms with E-state index in [0.29, 0.717) is 38.9 Å². The lowest BCUT2D eigenvalue weighted by Gasteiger charge is -2.50. The van der Waals surface area contributed by atoms with Gasteiger partial charge in [-0.25, -0.2) is 4.90 Å². The highest BCUT2D eigenvalue weighted by Gasteiger charge is 2.70. The molecule has 59 heavy (non-hydrogen) atoms. The van der Waals surface area contributed by atoms with Crippen LogP contribution in [0.1, 0.15) is 29.9 Å². The summed E-state index contributed by atoms with van der Waals surface area (Å²) in [7, 11) is 5.37. The molecule has 0 spiro atoms. The number of benzene rings is 5. The first kappa shape index (κ1) is 38.0. The number of amides is 4. The number of phenols is 1. The number of methoxy groups -OCH3 is 1. The Hall–Kier alpha value is -6.59. The fourth-order valence-corrected chi connectivity index (χ4v) is 10.1. The number of carbonyl (C=O) groups excluding carboxylic acids is 4. The maximum absolute atomic E-state index is 15.5. The van der Waals surface area contributed by atoms with Crippen LogP contribution in [0.3, 0.4) is 0 Å². The fourth-order valence-electron chi connectivity index (χ4n) is 9.88. The van der Waals surface area contributed by atoms with Crippen LogP contribution in [0.25, 0.3) is 0 Å². The quantitative estimate of drug-likeness (QED) is 0.0941. The summed E-state index contributed by atoms with van der Waals surface area (Å²) in [6.07, 6.45) is 2.30. The van der Waals surface area contributed by atoms with Crippen LogP contribution in [-0.2, 0) is 24.6 Å². The molecule has 4 amide bonds. The molecule has 2 aliphatic heterocycles. The van der Waals surface area contributed by atoms with Crippen LogP contribution < -0.4 is 19.4 Å². The third-order valence-corrected chi connectivity index (χ3v) is 12.7. The van der Waals surface area contributed by atoms with Crippen molar-refractivity contribution in [1.29, 1.82) is 0 Å². The Morgan fingerprint density at radius 1 is 0.746 bits per heavy atom. The Kier molecular flexibility index (Phi) is 9.43. The van der Waals surface area contributed by atoms with Gasteiger partial charge in [0.15, 0.2) is 11.5 Å². The highest BCUT2D eigenvalue weighted by Crippen LogP contribution is 2.65. The van der Waals surface area contributed by atoms with Crippen LogP contribution in [0.5, 0.6) is 11.5 Å². The van der Waals surface area contributed by atoms with Gasteiger partial charge in [-0.2, -0.15) is 10.2 Å². The number of hydrogen-bond donors (Lipinski definition) is 1. The van der Waals surface area contributed by atoms with Gasteiger partial charge in [-0.3, -0.25) is 24.1 Å². The normalized spacial score (nSPS) is 24.9. The van der Waals surface area contributed by atoms with Gasteiger partial charge in [-0.05, 0) is 97.1 Å². The molecule has 5 aromatic rings. The average Bonchev–Trinajstić information content (AvgIpc) is 3.64. The molecule has 0 aromatic heterocycles. The van der Waals surface area contributed by atoms with Crippen molar-refractivity contribution in [1.82, 2.24) is 0 Å². The Balaban J connectivity index is 1.13. The van der Waals surface area contributed by atoms with E-state index in [9.17, 15) is 14.7 Å². The number of carbonyl (C=O) groups is 4. The van der Waals surface area contributed by atoms with Gasteiger partial charge in [0.05, 0.1) is 53.0 Å². The third kappa shape index (κ3) is 5.94. The van der Waals surface area contributed by atoms with Gasteiger partial charge in [-0.15, -0.1) is 0 Å². The molecule has 2 saturated heterocycles. The second-order valence-electron chi connectivity index (χ2n) is 15.6. The standard InChI is InChI=1S/C47H40ClN5O6/c1-51(2)31-19-15-29(16-20-31)49-50-30-17-21-32(22-18-30)52-43(55)35-24-23-34-37(40(35)45(52)57)26-38-44(56)53(33-12-7-11-28(48)25-33)46(58)47(38,27-9-5-4-6-10-27)41(34)36-13-8-14-39(59-3)42(36)54/h4-23,25,35,37-38,40-41,54H,24,26H2,1-3H3. The van der Waals surface area contributed by atoms with Crippen molar-refractivity contribution in [2.45, 2.75) is 24.2 Å². The van der Waals surface area contributed by atoms with E-state index in [0.717, 1.165) is 11.3 Å². The Bertz CT molecular complexity index is 2580. The Morgan fingerprint density at radius 3 is 2.08 bits per heavy atom. The highest BCUT2D eigenvalue weighted by atomic mass is 35.5. The lowest BCUT2D eigenvalue weighted by molar-refractivity contribution is -0.127. The minimum atomic E-state index is -1.54. The van der Waals surface area contributed by atoms with Crippen molar-refractivity contribution < 1.29 is 29.0 Å². The van der Waals surface area contributed by atoms with E-state index in [1.807, 2.05) is 79.7 Å². The second-order valence-corrected chi connectivity index (χ2v) is 16.1. The van der Waals surface area contributed by atoms with Gasteiger partial charge in [0, 0.05) is 36.3 Å². The van der Waals surface area contributed by atoms with Crippen molar-refractivity contribution >= 4 is 63.7 Å². The number of anilines is 3. The number of hydrogen-bond acceptors (Lipinski definition) is 9. The number of ether oxygens (including phenoxy) is 1. The number of nitrogens with zero attached hydrogens (tertiary/aromatic N) is 5. The molecule has 1 saturated carbocycles. The van der Waals surface area contributed by atoms with Crippen molar-refractivity contribution in [3.8, 4) is 11.5 Å². The van der Waals surface area contributed by atoms with E-state index >= 15 is 9.59 Å². The highest BCUT2D eigenvalue weighted by molar-refractivity contribution is 6.32. The minimum Gasteiger partial charge on any atom is -0.504 e. The topological polar surface area (TPSA) is 132 Å². The number of aromatic hydroxyl groups is 1. The van der Waals surface area contributed by atoms with E-state index in [1.165, 1.54) is 16.9 Å². The molecule has 9 rings (SSSR count). The molecule has 4 aliphatic rings. The zero-order valence-corrected chi connectivity index (χ0v) is 33.3. The smallest absolute Gasteiger partial charge is 0.246 e. The molecule has 2 heterocycles. The molecule has 3 fully saturated rings. The second kappa shape index (κ2) is 14.7. The summed E-state index contributed by atoms with van der Waals surface area (Å²) in [5.41, 5.74) is 3.16. The summed E-state index contributed by atoms with van der Waals surface area (Å²) in [6.45, 7) is 0. The first-order valence-corrected chi connectivity index (χ1v) is 19.8. The number of fused-ring (bicyclic) bond motifs is 4.